The number of rotatable bonds is 5. The van der Waals surface area contributed by atoms with Crippen LogP contribution < -0.4 is 10.5 Å². The Morgan fingerprint density at radius 2 is 2.05 bits per heavy atom. The fraction of sp³-hybridized carbons (Fsp3) is 0.909. The third-order valence-corrected chi connectivity index (χ3v) is 4.96. The minimum atomic E-state index is -3.87. The second-order valence-electron chi connectivity index (χ2n) is 4.69. The summed E-state index contributed by atoms with van der Waals surface area (Å²) >= 11 is 0. The third kappa shape index (κ3) is 4.32. The zero-order valence-corrected chi connectivity index (χ0v) is 12.3. The summed E-state index contributed by atoms with van der Waals surface area (Å²) < 4.78 is 31.8. The smallest absolute Gasteiger partial charge is 0.421 e. The third-order valence-electron chi connectivity index (χ3n) is 3.51. The summed E-state index contributed by atoms with van der Waals surface area (Å²) in [6.45, 7) is 2.19. The molecule has 3 N–H and O–H groups in total. The molecule has 0 aromatic rings. The zero-order chi connectivity index (χ0) is 14.5. The van der Waals surface area contributed by atoms with Gasteiger partial charge < -0.3 is 10.5 Å². The Balaban J connectivity index is 2.73. The van der Waals surface area contributed by atoms with Crippen LogP contribution in [0.1, 0.15) is 32.6 Å². The lowest BCUT2D eigenvalue weighted by Gasteiger charge is -2.36. The first-order valence-corrected chi connectivity index (χ1v) is 7.99. The lowest BCUT2D eigenvalue weighted by atomic mass is 9.85. The predicted molar refractivity (Wildman–Crippen MR) is 71.6 cm³/mol. The largest absolute Gasteiger partial charge is 0.449 e. The molecule has 2 atom stereocenters. The van der Waals surface area contributed by atoms with Crippen molar-refractivity contribution in [3.8, 4) is 0 Å². The van der Waals surface area contributed by atoms with E-state index in [0.717, 1.165) is 25.7 Å². The monoisotopic (exact) mass is 293 g/mol. The van der Waals surface area contributed by atoms with Crippen LogP contribution in [0.5, 0.6) is 0 Å². The van der Waals surface area contributed by atoms with Crippen LogP contribution in [0.3, 0.4) is 0 Å². The fourth-order valence-electron chi connectivity index (χ4n) is 2.46. The summed E-state index contributed by atoms with van der Waals surface area (Å²) in [7, 11) is -2.40. The maximum Gasteiger partial charge on any atom is 0.421 e. The Bertz CT molecular complexity index is 399. The lowest BCUT2D eigenvalue weighted by Crippen LogP contribution is -2.51. The minimum absolute atomic E-state index is 0.125. The number of nitrogens with one attached hydrogen (secondary N) is 1. The van der Waals surface area contributed by atoms with Crippen molar-refractivity contribution in [2.75, 3.05) is 20.2 Å². The van der Waals surface area contributed by atoms with Crippen LogP contribution in [0.4, 0.5) is 4.79 Å². The molecule has 0 saturated heterocycles. The highest BCUT2D eigenvalue weighted by molar-refractivity contribution is 7.87. The highest BCUT2D eigenvalue weighted by atomic mass is 32.2. The van der Waals surface area contributed by atoms with Gasteiger partial charge >= 0.3 is 16.3 Å². The molecule has 0 spiro atoms. The molecule has 0 heterocycles. The molecule has 1 saturated carbocycles. The molecule has 2 unspecified atom stereocenters. The van der Waals surface area contributed by atoms with E-state index in [2.05, 4.69) is 4.74 Å². The highest BCUT2D eigenvalue weighted by Gasteiger charge is 2.34. The van der Waals surface area contributed by atoms with Gasteiger partial charge in [-0.1, -0.05) is 12.8 Å². The molecule has 7 nitrogen and oxygen atoms in total. The number of nitrogens with two attached hydrogens (primary N) is 1. The number of carbonyl (C=O) groups is 1. The van der Waals surface area contributed by atoms with E-state index in [4.69, 9.17) is 5.73 Å². The van der Waals surface area contributed by atoms with E-state index in [9.17, 15) is 13.2 Å². The Hall–Kier alpha value is -0.860. The van der Waals surface area contributed by atoms with Crippen LogP contribution in [-0.4, -0.2) is 45.1 Å². The summed E-state index contributed by atoms with van der Waals surface area (Å²) in [6, 6.07) is -0.161. The van der Waals surface area contributed by atoms with Gasteiger partial charge in [0.1, 0.15) is 0 Å². The van der Waals surface area contributed by atoms with Crippen molar-refractivity contribution in [1.29, 1.82) is 0 Å². The molecule has 0 aromatic carbocycles. The van der Waals surface area contributed by atoms with Gasteiger partial charge in [0.05, 0.1) is 6.61 Å². The van der Waals surface area contributed by atoms with Gasteiger partial charge in [0.15, 0.2) is 0 Å². The molecule has 0 aromatic heterocycles. The van der Waals surface area contributed by atoms with Crippen LogP contribution >= 0.6 is 0 Å². The van der Waals surface area contributed by atoms with E-state index in [-0.39, 0.29) is 18.6 Å². The van der Waals surface area contributed by atoms with E-state index in [1.165, 1.54) is 11.4 Å². The molecule has 1 aliphatic rings. The molecule has 1 rings (SSSR count). The molecule has 1 fully saturated rings. The van der Waals surface area contributed by atoms with E-state index < -0.39 is 16.3 Å². The Kier molecular flexibility index (Phi) is 6.02. The zero-order valence-electron chi connectivity index (χ0n) is 11.5. The van der Waals surface area contributed by atoms with Crippen molar-refractivity contribution < 1.29 is 17.9 Å². The van der Waals surface area contributed by atoms with E-state index in [0.29, 0.717) is 6.54 Å². The number of hydrogen-bond donors (Lipinski definition) is 2. The Labute approximate surface area is 114 Å². The van der Waals surface area contributed by atoms with Crippen molar-refractivity contribution in [2.24, 2.45) is 11.7 Å². The Morgan fingerprint density at radius 3 is 2.63 bits per heavy atom. The van der Waals surface area contributed by atoms with Crippen molar-refractivity contribution >= 4 is 16.3 Å². The number of carbonyl (C=O) groups excluding carboxylic acids is 1. The van der Waals surface area contributed by atoms with Gasteiger partial charge in [0.25, 0.3) is 0 Å². The van der Waals surface area contributed by atoms with Crippen molar-refractivity contribution in [1.82, 2.24) is 9.03 Å². The predicted octanol–water partition coefficient (Wildman–Crippen LogP) is 0.427. The van der Waals surface area contributed by atoms with Gasteiger partial charge in [-0.25, -0.2) is 9.52 Å². The molecule has 1 aliphatic carbocycles. The number of hydrogen-bond acceptors (Lipinski definition) is 5. The van der Waals surface area contributed by atoms with Crippen LogP contribution in [0.2, 0.25) is 0 Å². The topological polar surface area (TPSA) is 102 Å². The fourth-order valence-corrected chi connectivity index (χ4v) is 3.51. The molecular formula is C11H23N3O4S. The van der Waals surface area contributed by atoms with Crippen LogP contribution in [0.15, 0.2) is 0 Å². The highest BCUT2D eigenvalue weighted by Crippen LogP contribution is 2.28. The maximum atomic E-state index is 12.0. The molecule has 0 bridgehead atoms. The summed E-state index contributed by atoms with van der Waals surface area (Å²) in [6.07, 6.45) is 2.77. The van der Waals surface area contributed by atoms with Gasteiger partial charge in [-0.05, 0) is 32.2 Å². The molecular weight excluding hydrogens is 270 g/mol. The molecule has 1 amide bonds. The summed E-state index contributed by atoms with van der Waals surface area (Å²) in [5.74, 6) is 0.137. The van der Waals surface area contributed by atoms with Gasteiger partial charge in [-0.2, -0.15) is 12.7 Å². The van der Waals surface area contributed by atoms with Crippen molar-refractivity contribution in [3.05, 3.63) is 0 Å². The standard InChI is InChI=1S/C11H23N3O4S/c1-3-18-11(15)13-19(16,17)14(2)10-7-5-4-6-9(10)8-12/h9-10H,3-8,12H2,1-2H3,(H,13,15). The van der Waals surface area contributed by atoms with Crippen molar-refractivity contribution in [2.45, 2.75) is 38.6 Å². The number of ether oxygens (including phenoxy) is 1. The van der Waals surface area contributed by atoms with Crippen molar-refractivity contribution in [3.63, 3.8) is 0 Å². The lowest BCUT2D eigenvalue weighted by molar-refractivity contribution is 0.156. The molecule has 112 valence electrons. The average Bonchev–Trinajstić information content (AvgIpc) is 2.37. The van der Waals surface area contributed by atoms with Gasteiger partial charge in [-0.15, -0.1) is 0 Å². The van der Waals surface area contributed by atoms with E-state index >= 15 is 0 Å². The van der Waals surface area contributed by atoms with E-state index in [1.807, 2.05) is 4.72 Å². The maximum absolute atomic E-state index is 12.0. The number of nitrogens with zero attached hydrogens (tertiary/aromatic N) is 1. The van der Waals surface area contributed by atoms with Gasteiger partial charge in [0, 0.05) is 13.1 Å². The summed E-state index contributed by atoms with van der Waals surface area (Å²) in [5, 5.41) is 0. The van der Waals surface area contributed by atoms with Crippen LogP contribution in [0.25, 0.3) is 0 Å². The average molecular weight is 293 g/mol. The number of amides is 1. The second-order valence-corrected chi connectivity index (χ2v) is 6.42. The molecule has 8 heteroatoms. The van der Waals surface area contributed by atoms with Crippen LogP contribution in [-0.2, 0) is 14.9 Å². The van der Waals surface area contributed by atoms with Gasteiger partial charge in [-0.3, -0.25) is 0 Å². The Morgan fingerprint density at radius 1 is 1.42 bits per heavy atom. The molecule has 0 aliphatic heterocycles. The van der Waals surface area contributed by atoms with Gasteiger partial charge in [0.2, 0.25) is 0 Å². The SMILES string of the molecule is CCOC(=O)NS(=O)(=O)N(C)C1CCCCC1CN. The van der Waals surface area contributed by atoms with Crippen LogP contribution in [0, 0.1) is 5.92 Å². The molecule has 0 radical (unpaired) electrons. The first-order valence-electron chi connectivity index (χ1n) is 6.55. The first kappa shape index (κ1) is 16.2. The first-order chi connectivity index (χ1) is 8.92. The summed E-state index contributed by atoms with van der Waals surface area (Å²) in [5.41, 5.74) is 5.69. The minimum Gasteiger partial charge on any atom is -0.449 e. The molecule has 19 heavy (non-hydrogen) atoms. The quantitative estimate of drug-likeness (QED) is 0.765. The normalized spacial score (nSPS) is 24.2. The second kappa shape index (κ2) is 7.06. The summed E-state index contributed by atoms with van der Waals surface area (Å²) in [4.78, 5) is 11.2. The van der Waals surface area contributed by atoms with E-state index in [1.54, 1.807) is 6.92 Å².